The van der Waals surface area contributed by atoms with Crippen molar-refractivity contribution < 1.29 is 0 Å². The number of para-hydroxylation sites is 2. The van der Waals surface area contributed by atoms with Crippen LogP contribution in [0, 0.1) is 5.92 Å². The Hall–Kier alpha value is -1.35. The molecule has 1 atom stereocenters. The number of benzene rings is 1. The van der Waals surface area contributed by atoms with Gasteiger partial charge in [-0.1, -0.05) is 32.9 Å². The summed E-state index contributed by atoms with van der Waals surface area (Å²) < 4.78 is 2.45. The van der Waals surface area contributed by atoms with Gasteiger partial charge in [-0.15, -0.1) is 0 Å². The van der Waals surface area contributed by atoms with Gasteiger partial charge in [0.15, 0.2) is 0 Å². The van der Waals surface area contributed by atoms with Crippen molar-refractivity contribution in [3.63, 3.8) is 0 Å². The Morgan fingerprint density at radius 2 is 2.14 bits per heavy atom. The monoisotopic (exact) mass is 285 g/mol. The molecule has 0 radical (unpaired) electrons. The third-order valence-electron chi connectivity index (χ3n) is 5.00. The lowest BCUT2D eigenvalue weighted by molar-refractivity contribution is 0.236. The van der Waals surface area contributed by atoms with Crippen LogP contribution in [-0.2, 0) is 12.0 Å². The minimum atomic E-state index is 0.113. The molecule has 1 aromatic carbocycles. The summed E-state index contributed by atoms with van der Waals surface area (Å²) in [6.45, 7) is 10.3. The lowest BCUT2D eigenvalue weighted by atomic mass is 9.74. The van der Waals surface area contributed by atoms with Gasteiger partial charge in [0.1, 0.15) is 5.82 Å². The molecule has 0 amide bonds. The quantitative estimate of drug-likeness (QED) is 0.927. The molecule has 0 bridgehead atoms. The van der Waals surface area contributed by atoms with E-state index in [9.17, 15) is 0 Å². The second-order valence-electron chi connectivity index (χ2n) is 6.84. The lowest BCUT2D eigenvalue weighted by Gasteiger charge is -2.37. The number of hydrogen-bond acceptors (Lipinski definition) is 2. The van der Waals surface area contributed by atoms with Gasteiger partial charge in [-0.05, 0) is 50.4 Å². The van der Waals surface area contributed by atoms with Crippen LogP contribution in [0.25, 0.3) is 11.0 Å². The molecule has 3 rings (SSSR count). The van der Waals surface area contributed by atoms with Crippen molar-refractivity contribution in [1.29, 1.82) is 0 Å². The molecule has 3 nitrogen and oxygen atoms in total. The summed E-state index contributed by atoms with van der Waals surface area (Å²) in [5, 5.41) is 3.56. The predicted octanol–water partition coefficient (Wildman–Crippen LogP) is 3.72. The van der Waals surface area contributed by atoms with Crippen molar-refractivity contribution >= 4 is 11.0 Å². The topological polar surface area (TPSA) is 29.9 Å². The molecule has 0 spiro atoms. The normalized spacial score (nSPS) is 20.0. The van der Waals surface area contributed by atoms with E-state index in [0.717, 1.165) is 31.6 Å². The van der Waals surface area contributed by atoms with Crippen LogP contribution in [0.1, 0.15) is 45.9 Å². The Bertz CT molecular complexity index is 606. The van der Waals surface area contributed by atoms with E-state index in [0.29, 0.717) is 5.92 Å². The number of piperidine rings is 1. The molecule has 1 aliphatic heterocycles. The van der Waals surface area contributed by atoms with Crippen molar-refractivity contribution in [2.24, 2.45) is 5.92 Å². The molecule has 2 heterocycles. The van der Waals surface area contributed by atoms with Crippen LogP contribution in [0.4, 0.5) is 0 Å². The van der Waals surface area contributed by atoms with Gasteiger partial charge in [0.25, 0.3) is 0 Å². The highest BCUT2D eigenvalue weighted by molar-refractivity contribution is 5.76. The molecule has 3 heteroatoms. The highest BCUT2D eigenvalue weighted by Crippen LogP contribution is 2.36. The molecule has 1 N–H and O–H groups in total. The van der Waals surface area contributed by atoms with E-state index in [4.69, 9.17) is 4.98 Å². The molecular weight excluding hydrogens is 258 g/mol. The Kier molecular flexibility index (Phi) is 4.03. The number of imidazole rings is 1. The molecule has 0 saturated carbocycles. The summed E-state index contributed by atoms with van der Waals surface area (Å²) >= 11 is 0. The van der Waals surface area contributed by atoms with E-state index < -0.39 is 0 Å². The molecule has 1 fully saturated rings. The number of nitrogens with zero attached hydrogens (tertiary/aromatic N) is 2. The molecule has 1 aromatic heterocycles. The van der Waals surface area contributed by atoms with Crippen molar-refractivity contribution in [1.82, 2.24) is 14.9 Å². The molecule has 0 aliphatic carbocycles. The molecule has 1 unspecified atom stereocenters. The van der Waals surface area contributed by atoms with Crippen LogP contribution >= 0.6 is 0 Å². The third-order valence-corrected chi connectivity index (χ3v) is 5.00. The van der Waals surface area contributed by atoms with Gasteiger partial charge in [-0.25, -0.2) is 4.98 Å². The van der Waals surface area contributed by atoms with Crippen LogP contribution in [0.5, 0.6) is 0 Å². The van der Waals surface area contributed by atoms with Crippen LogP contribution in [0.15, 0.2) is 24.3 Å². The van der Waals surface area contributed by atoms with Gasteiger partial charge >= 0.3 is 0 Å². The molecule has 1 aliphatic rings. The summed E-state index contributed by atoms with van der Waals surface area (Å²) in [6, 6.07) is 8.55. The summed E-state index contributed by atoms with van der Waals surface area (Å²) in [5.74, 6) is 1.93. The van der Waals surface area contributed by atoms with Crippen molar-refractivity contribution in [3.8, 4) is 0 Å². The van der Waals surface area contributed by atoms with Crippen LogP contribution in [0.2, 0.25) is 0 Å². The van der Waals surface area contributed by atoms with Gasteiger partial charge in [-0.3, -0.25) is 0 Å². The largest absolute Gasteiger partial charge is 0.328 e. The van der Waals surface area contributed by atoms with Crippen LogP contribution < -0.4 is 5.32 Å². The number of rotatable bonds is 4. The number of aromatic nitrogens is 2. The molecular formula is C18H27N3. The van der Waals surface area contributed by atoms with Gasteiger partial charge in [0.2, 0.25) is 0 Å². The van der Waals surface area contributed by atoms with Crippen molar-refractivity contribution in [3.05, 3.63) is 30.1 Å². The van der Waals surface area contributed by atoms with Gasteiger partial charge < -0.3 is 9.88 Å². The van der Waals surface area contributed by atoms with Crippen molar-refractivity contribution in [2.45, 2.75) is 52.0 Å². The second-order valence-corrected chi connectivity index (χ2v) is 6.84. The second kappa shape index (κ2) is 5.80. The Morgan fingerprint density at radius 3 is 2.86 bits per heavy atom. The van der Waals surface area contributed by atoms with Crippen LogP contribution in [0.3, 0.4) is 0 Å². The first-order valence-electron chi connectivity index (χ1n) is 8.31. The minimum absolute atomic E-state index is 0.113. The minimum Gasteiger partial charge on any atom is -0.328 e. The fourth-order valence-electron chi connectivity index (χ4n) is 3.67. The number of aryl methyl sites for hydroxylation is 1. The van der Waals surface area contributed by atoms with E-state index in [1.807, 2.05) is 0 Å². The molecule has 1 saturated heterocycles. The summed E-state index contributed by atoms with van der Waals surface area (Å²) in [4.78, 5) is 5.01. The lowest BCUT2D eigenvalue weighted by Crippen LogP contribution is -2.42. The average Bonchev–Trinajstić information content (AvgIpc) is 2.88. The van der Waals surface area contributed by atoms with Gasteiger partial charge in [0, 0.05) is 12.0 Å². The standard InChI is InChI=1S/C18H27N3/c1-4-12-21-16-10-6-5-9-15(16)20-17(21)18(2,3)14-8-7-11-19-13-14/h5-6,9-10,14,19H,4,7-8,11-13H2,1-3H3. The maximum Gasteiger partial charge on any atom is 0.115 e. The van der Waals surface area contributed by atoms with Crippen molar-refractivity contribution in [2.75, 3.05) is 13.1 Å². The first-order chi connectivity index (χ1) is 10.1. The molecule has 21 heavy (non-hydrogen) atoms. The van der Waals surface area contributed by atoms with E-state index in [-0.39, 0.29) is 5.41 Å². The van der Waals surface area contributed by atoms with Gasteiger partial charge in [0.05, 0.1) is 11.0 Å². The Labute approximate surface area is 127 Å². The summed E-state index contributed by atoms with van der Waals surface area (Å²) in [6.07, 6.45) is 3.73. The SMILES string of the molecule is CCCn1c(C(C)(C)C2CCCNC2)nc2ccccc21. The number of hydrogen-bond donors (Lipinski definition) is 1. The zero-order valence-corrected chi connectivity index (χ0v) is 13.5. The summed E-state index contributed by atoms with van der Waals surface area (Å²) in [7, 11) is 0. The fraction of sp³-hybridized carbons (Fsp3) is 0.611. The molecule has 2 aromatic rings. The summed E-state index contributed by atoms with van der Waals surface area (Å²) in [5.41, 5.74) is 2.53. The average molecular weight is 285 g/mol. The number of nitrogens with one attached hydrogen (secondary N) is 1. The zero-order valence-electron chi connectivity index (χ0n) is 13.5. The van der Waals surface area contributed by atoms with Gasteiger partial charge in [-0.2, -0.15) is 0 Å². The number of fused-ring (bicyclic) bond motifs is 1. The Morgan fingerprint density at radius 1 is 1.33 bits per heavy atom. The van der Waals surface area contributed by atoms with E-state index in [1.54, 1.807) is 0 Å². The maximum absolute atomic E-state index is 5.01. The highest BCUT2D eigenvalue weighted by Gasteiger charge is 2.36. The van der Waals surface area contributed by atoms with E-state index >= 15 is 0 Å². The maximum atomic E-state index is 5.01. The van der Waals surface area contributed by atoms with Crippen LogP contribution in [-0.4, -0.2) is 22.6 Å². The van der Waals surface area contributed by atoms with E-state index in [2.05, 4.69) is 54.9 Å². The zero-order chi connectivity index (χ0) is 14.9. The molecule has 114 valence electrons. The van der Waals surface area contributed by atoms with E-state index in [1.165, 1.54) is 24.2 Å². The fourth-order valence-corrected chi connectivity index (χ4v) is 3.67. The third kappa shape index (κ3) is 2.59. The predicted molar refractivity (Wildman–Crippen MR) is 88.6 cm³/mol. The first-order valence-corrected chi connectivity index (χ1v) is 8.31. The first kappa shape index (κ1) is 14.6. The highest BCUT2D eigenvalue weighted by atomic mass is 15.1. The smallest absolute Gasteiger partial charge is 0.115 e. The Balaban J connectivity index is 2.07.